The molecule has 0 spiro atoms. The number of ketones is 1. The van der Waals surface area contributed by atoms with Gasteiger partial charge in [-0.2, -0.15) is 5.10 Å². The number of rotatable bonds is 7. The molecule has 0 atom stereocenters. The Bertz CT molecular complexity index is 622. The second-order valence-electron chi connectivity index (χ2n) is 4.90. The summed E-state index contributed by atoms with van der Waals surface area (Å²) in [5.74, 6) is 0.837. The second-order valence-corrected chi connectivity index (χ2v) is 5.76. The molecular formula is C16H19BrN2O2. The Kier molecular flexibility index (Phi) is 5.56. The first-order chi connectivity index (χ1) is 10.1. The maximum atomic E-state index is 12.3. The van der Waals surface area contributed by atoms with Crippen molar-refractivity contribution in [2.45, 2.75) is 33.2 Å². The lowest BCUT2D eigenvalue weighted by Crippen LogP contribution is -2.14. The van der Waals surface area contributed by atoms with Crippen LogP contribution >= 0.6 is 15.9 Å². The lowest BCUT2D eigenvalue weighted by atomic mass is 10.2. The minimum Gasteiger partial charge on any atom is -0.493 e. The first-order valence-corrected chi connectivity index (χ1v) is 7.85. The average Bonchev–Trinajstić information content (AvgIpc) is 2.80. The SMILES string of the molecule is CCCn1ncc(Br)c1C(=O)CCOc1cccc(C)c1. The Morgan fingerprint density at radius 3 is 2.95 bits per heavy atom. The lowest BCUT2D eigenvalue weighted by molar-refractivity contribution is 0.0950. The van der Waals surface area contributed by atoms with Crippen LogP contribution in [0, 0.1) is 6.92 Å². The summed E-state index contributed by atoms with van der Waals surface area (Å²) in [7, 11) is 0. The molecule has 1 aromatic carbocycles. The van der Waals surface area contributed by atoms with Gasteiger partial charge in [0.1, 0.15) is 11.4 Å². The van der Waals surface area contributed by atoms with Gasteiger partial charge in [0.05, 0.1) is 17.3 Å². The molecule has 0 unspecified atom stereocenters. The molecule has 0 bridgehead atoms. The summed E-state index contributed by atoms with van der Waals surface area (Å²) < 4.78 is 8.13. The summed E-state index contributed by atoms with van der Waals surface area (Å²) in [4.78, 5) is 12.3. The molecular weight excluding hydrogens is 332 g/mol. The van der Waals surface area contributed by atoms with E-state index in [1.165, 1.54) is 0 Å². The molecule has 0 amide bonds. The first-order valence-electron chi connectivity index (χ1n) is 7.05. The summed E-state index contributed by atoms with van der Waals surface area (Å²) in [6.45, 7) is 5.18. The topological polar surface area (TPSA) is 44.1 Å². The largest absolute Gasteiger partial charge is 0.493 e. The Hall–Kier alpha value is -1.62. The standard InChI is InChI=1S/C16H19BrN2O2/c1-3-8-19-16(14(17)11-18-19)15(20)7-9-21-13-6-4-5-12(2)10-13/h4-6,10-11H,3,7-9H2,1-2H3. The summed E-state index contributed by atoms with van der Waals surface area (Å²) in [6.07, 6.45) is 2.94. The van der Waals surface area contributed by atoms with Crippen LogP contribution in [-0.2, 0) is 6.54 Å². The molecule has 0 radical (unpaired) electrons. The number of Topliss-reactive ketones (excluding diaryl/α,β-unsaturated/α-hetero) is 1. The zero-order valence-corrected chi connectivity index (χ0v) is 13.9. The fourth-order valence-electron chi connectivity index (χ4n) is 2.11. The van der Waals surface area contributed by atoms with Gasteiger partial charge in [0, 0.05) is 13.0 Å². The molecule has 21 heavy (non-hydrogen) atoms. The number of halogens is 1. The molecule has 2 rings (SSSR count). The monoisotopic (exact) mass is 350 g/mol. The molecule has 0 aliphatic rings. The Morgan fingerprint density at radius 1 is 1.43 bits per heavy atom. The van der Waals surface area contributed by atoms with Crippen LogP contribution in [0.4, 0.5) is 0 Å². The highest BCUT2D eigenvalue weighted by Crippen LogP contribution is 2.19. The minimum atomic E-state index is 0.0421. The smallest absolute Gasteiger partial charge is 0.185 e. The Morgan fingerprint density at radius 2 is 2.24 bits per heavy atom. The van der Waals surface area contributed by atoms with Gasteiger partial charge in [0.15, 0.2) is 5.78 Å². The van der Waals surface area contributed by atoms with Crippen molar-refractivity contribution in [3.8, 4) is 5.75 Å². The third-order valence-corrected chi connectivity index (χ3v) is 3.66. The van der Waals surface area contributed by atoms with Crippen molar-refractivity contribution in [1.29, 1.82) is 0 Å². The normalized spacial score (nSPS) is 10.6. The van der Waals surface area contributed by atoms with E-state index < -0.39 is 0 Å². The van der Waals surface area contributed by atoms with Crippen LogP contribution in [0.25, 0.3) is 0 Å². The molecule has 2 aromatic rings. The van der Waals surface area contributed by atoms with Gasteiger partial charge in [-0.25, -0.2) is 0 Å². The summed E-state index contributed by atoms with van der Waals surface area (Å²) >= 11 is 3.39. The van der Waals surface area contributed by atoms with Crippen molar-refractivity contribution >= 4 is 21.7 Å². The van der Waals surface area contributed by atoms with Crippen molar-refractivity contribution in [3.05, 3.63) is 46.2 Å². The number of benzene rings is 1. The minimum absolute atomic E-state index is 0.0421. The Labute approximate surface area is 133 Å². The van der Waals surface area contributed by atoms with E-state index in [-0.39, 0.29) is 5.78 Å². The van der Waals surface area contributed by atoms with Crippen molar-refractivity contribution in [2.75, 3.05) is 6.61 Å². The number of aromatic nitrogens is 2. The van der Waals surface area contributed by atoms with Gasteiger partial charge in [-0.15, -0.1) is 0 Å². The molecule has 5 heteroatoms. The first kappa shape index (κ1) is 15.8. The van der Waals surface area contributed by atoms with Crippen LogP contribution in [0.3, 0.4) is 0 Å². The van der Waals surface area contributed by atoms with E-state index in [0.29, 0.717) is 18.7 Å². The van der Waals surface area contributed by atoms with E-state index in [4.69, 9.17) is 4.74 Å². The average molecular weight is 351 g/mol. The predicted octanol–water partition coefficient (Wildman–Crippen LogP) is 4.02. The number of carbonyl (C=O) groups excluding carboxylic acids is 1. The zero-order chi connectivity index (χ0) is 15.2. The maximum absolute atomic E-state index is 12.3. The van der Waals surface area contributed by atoms with Crippen molar-refractivity contribution in [2.24, 2.45) is 0 Å². The fraction of sp³-hybridized carbons (Fsp3) is 0.375. The summed E-state index contributed by atoms with van der Waals surface area (Å²) in [5, 5.41) is 4.21. The second kappa shape index (κ2) is 7.41. The van der Waals surface area contributed by atoms with Crippen molar-refractivity contribution in [3.63, 3.8) is 0 Å². The van der Waals surface area contributed by atoms with E-state index in [2.05, 4.69) is 28.0 Å². The number of nitrogens with zero attached hydrogens (tertiary/aromatic N) is 2. The van der Waals surface area contributed by atoms with E-state index in [9.17, 15) is 4.79 Å². The van der Waals surface area contributed by atoms with Gasteiger partial charge in [0.2, 0.25) is 0 Å². The van der Waals surface area contributed by atoms with Crippen LogP contribution in [0.5, 0.6) is 5.75 Å². The number of hydrogen-bond acceptors (Lipinski definition) is 3. The predicted molar refractivity (Wildman–Crippen MR) is 85.8 cm³/mol. The zero-order valence-electron chi connectivity index (χ0n) is 12.3. The number of hydrogen-bond donors (Lipinski definition) is 0. The highest BCUT2D eigenvalue weighted by Gasteiger charge is 2.16. The molecule has 0 aliphatic carbocycles. The van der Waals surface area contributed by atoms with Gasteiger partial charge in [0.25, 0.3) is 0 Å². The van der Waals surface area contributed by atoms with Gasteiger partial charge >= 0.3 is 0 Å². The molecule has 112 valence electrons. The number of carbonyl (C=O) groups is 1. The van der Waals surface area contributed by atoms with E-state index in [0.717, 1.165) is 28.8 Å². The third-order valence-electron chi connectivity index (χ3n) is 3.08. The van der Waals surface area contributed by atoms with Gasteiger partial charge in [-0.05, 0) is 47.0 Å². The van der Waals surface area contributed by atoms with Gasteiger partial charge in [-0.3, -0.25) is 9.48 Å². The van der Waals surface area contributed by atoms with Crippen LogP contribution in [0.15, 0.2) is 34.9 Å². The van der Waals surface area contributed by atoms with Gasteiger partial charge < -0.3 is 4.74 Å². The molecule has 0 saturated heterocycles. The van der Waals surface area contributed by atoms with Gasteiger partial charge in [-0.1, -0.05) is 19.1 Å². The highest BCUT2D eigenvalue weighted by molar-refractivity contribution is 9.10. The van der Waals surface area contributed by atoms with Crippen LogP contribution in [-0.4, -0.2) is 22.2 Å². The van der Waals surface area contributed by atoms with E-state index >= 15 is 0 Å². The molecule has 0 aliphatic heterocycles. The van der Waals surface area contributed by atoms with Crippen molar-refractivity contribution in [1.82, 2.24) is 9.78 Å². The molecule has 0 fully saturated rings. The molecule has 1 aromatic heterocycles. The molecule has 0 saturated carbocycles. The summed E-state index contributed by atoms with van der Waals surface area (Å²) in [6, 6.07) is 7.81. The molecule has 1 heterocycles. The highest BCUT2D eigenvalue weighted by atomic mass is 79.9. The van der Waals surface area contributed by atoms with E-state index in [1.807, 2.05) is 31.2 Å². The Balaban J connectivity index is 1.94. The molecule has 4 nitrogen and oxygen atoms in total. The van der Waals surface area contributed by atoms with Crippen LogP contribution in [0.1, 0.15) is 35.8 Å². The molecule has 0 N–H and O–H groups in total. The number of ether oxygens (including phenoxy) is 1. The maximum Gasteiger partial charge on any atom is 0.185 e. The summed E-state index contributed by atoms with van der Waals surface area (Å²) in [5.41, 5.74) is 1.77. The van der Waals surface area contributed by atoms with Crippen LogP contribution < -0.4 is 4.74 Å². The number of aryl methyl sites for hydroxylation is 2. The lowest BCUT2D eigenvalue weighted by Gasteiger charge is -2.08. The van der Waals surface area contributed by atoms with E-state index in [1.54, 1.807) is 10.9 Å². The fourth-order valence-corrected chi connectivity index (χ4v) is 2.62. The third kappa shape index (κ3) is 4.17. The quantitative estimate of drug-likeness (QED) is 0.708. The van der Waals surface area contributed by atoms with Crippen LogP contribution in [0.2, 0.25) is 0 Å². The van der Waals surface area contributed by atoms with Crippen molar-refractivity contribution < 1.29 is 9.53 Å².